The summed E-state index contributed by atoms with van der Waals surface area (Å²) in [6, 6.07) is 19.2. The number of thioether (sulfide) groups is 1. The predicted octanol–water partition coefficient (Wildman–Crippen LogP) is 5.00. The molecule has 0 fully saturated rings. The molecule has 28 heavy (non-hydrogen) atoms. The summed E-state index contributed by atoms with van der Waals surface area (Å²) >= 11 is 3.04. The van der Waals surface area contributed by atoms with E-state index in [1.165, 1.54) is 11.8 Å². The largest absolute Gasteiger partial charge is 0.489 e. The number of nitrogens with one attached hydrogen (secondary N) is 1. The van der Waals surface area contributed by atoms with Gasteiger partial charge in [-0.15, -0.1) is 11.3 Å². The van der Waals surface area contributed by atoms with Crippen molar-refractivity contribution in [2.45, 2.75) is 10.9 Å². The van der Waals surface area contributed by atoms with Crippen molar-refractivity contribution in [1.29, 1.82) is 0 Å². The molecule has 0 aliphatic carbocycles. The summed E-state index contributed by atoms with van der Waals surface area (Å²) in [5, 5.41) is 2.91. The van der Waals surface area contributed by atoms with Gasteiger partial charge in [-0.1, -0.05) is 36.0 Å². The summed E-state index contributed by atoms with van der Waals surface area (Å²) in [5.74, 6) is 0.926. The van der Waals surface area contributed by atoms with E-state index in [0.717, 1.165) is 20.1 Å². The van der Waals surface area contributed by atoms with Crippen LogP contribution in [-0.2, 0) is 11.4 Å². The lowest BCUT2D eigenvalue weighted by Crippen LogP contribution is -2.13. The minimum Gasteiger partial charge on any atom is -0.489 e. The lowest BCUT2D eigenvalue weighted by molar-refractivity contribution is -0.113. The lowest BCUT2D eigenvalue weighted by atomic mass is 10.3. The average Bonchev–Trinajstić information content (AvgIpc) is 3.15. The van der Waals surface area contributed by atoms with Crippen molar-refractivity contribution in [3.63, 3.8) is 0 Å². The highest BCUT2D eigenvalue weighted by Gasteiger charge is 2.08. The van der Waals surface area contributed by atoms with Gasteiger partial charge in [0.25, 0.3) is 0 Å². The van der Waals surface area contributed by atoms with Crippen molar-refractivity contribution in [3.05, 3.63) is 78.6 Å². The molecule has 0 bridgehead atoms. The Kier molecular flexibility index (Phi) is 5.84. The second-order valence-corrected chi connectivity index (χ2v) is 8.22. The Morgan fingerprint density at radius 2 is 2.04 bits per heavy atom. The molecular weight excluding hydrogens is 390 g/mol. The van der Waals surface area contributed by atoms with Crippen LogP contribution >= 0.6 is 23.1 Å². The molecule has 0 aliphatic heterocycles. The first-order valence-corrected chi connectivity index (χ1v) is 10.5. The molecule has 140 valence electrons. The molecule has 5 nitrogen and oxygen atoms in total. The van der Waals surface area contributed by atoms with E-state index in [2.05, 4.69) is 15.3 Å². The van der Waals surface area contributed by atoms with E-state index in [9.17, 15) is 4.79 Å². The first-order valence-electron chi connectivity index (χ1n) is 8.66. The Bertz CT molecular complexity index is 1050. The van der Waals surface area contributed by atoms with Gasteiger partial charge in [-0.3, -0.25) is 9.78 Å². The van der Waals surface area contributed by atoms with Gasteiger partial charge in [0.1, 0.15) is 12.4 Å². The number of carbonyl (C=O) groups is 1. The Morgan fingerprint density at radius 1 is 1.11 bits per heavy atom. The van der Waals surface area contributed by atoms with Crippen molar-refractivity contribution < 1.29 is 9.53 Å². The normalized spacial score (nSPS) is 10.7. The van der Waals surface area contributed by atoms with Crippen LogP contribution in [0.5, 0.6) is 5.75 Å². The Balaban J connectivity index is 1.31. The van der Waals surface area contributed by atoms with Crippen molar-refractivity contribution in [2.75, 3.05) is 11.1 Å². The van der Waals surface area contributed by atoms with E-state index < -0.39 is 0 Å². The molecule has 2 aromatic carbocycles. The van der Waals surface area contributed by atoms with E-state index >= 15 is 0 Å². The van der Waals surface area contributed by atoms with Crippen molar-refractivity contribution >= 4 is 44.9 Å². The van der Waals surface area contributed by atoms with Crippen molar-refractivity contribution in [1.82, 2.24) is 9.97 Å². The number of carbonyl (C=O) groups excluding carboxylic acids is 1. The smallest absolute Gasteiger partial charge is 0.234 e. The molecule has 0 saturated carbocycles. The number of hydrogen-bond donors (Lipinski definition) is 1. The van der Waals surface area contributed by atoms with Crippen LogP contribution in [0, 0.1) is 0 Å². The predicted molar refractivity (Wildman–Crippen MR) is 114 cm³/mol. The van der Waals surface area contributed by atoms with Crippen LogP contribution in [0.2, 0.25) is 0 Å². The van der Waals surface area contributed by atoms with Gasteiger partial charge in [0.2, 0.25) is 5.91 Å². The number of thiazole rings is 1. The molecule has 4 rings (SSSR count). The topological polar surface area (TPSA) is 64.1 Å². The van der Waals surface area contributed by atoms with Gasteiger partial charge >= 0.3 is 0 Å². The third-order valence-electron chi connectivity index (χ3n) is 3.85. The number of rotatable bonds is 7. The first-order chi connectivity index (χ1) is 13.8. The van der Waals surface area contributed by atoms with E-state index in [-0.39, 0.29) is 5.91 Å². The maximum atomic E-state index is 12.3. The molecule has 4 aromatic rings. The Labute approximate surface area is 170 Å². The molecule has 0 aliphatic rings. The number of nitrogens with zero attached hydrogens (tertiary/aromatic N) is 2. The lowest BCUT2D eigenvalue weighted by Gasteiger charge is -2.09. The summed E-state index contributed by atoms with van der Waals surface area (Å²) < 4.78 is 7.79. The number of fused-ring (bicyclic) bond motifs is 1. The van der Waals surface area contributed by atoms with E-state index in [0.29, 0.717) is 23.8 Å². The molecule has 1 amide bonds. The molecule has 2 heterocycles. The molecule has 0 radical (unpaired) electrons. The van der Waals surface area contributed by atoms with E-state index in [1.807, 2.05) is 60.7 Å². The molecule has 1 N–H and O–H groups in total. The van der Waals surface area contributed by atoms with E-state index in [1.54, 1.807) is 23.7 Å². The summed E-state index contributed by atoms with van der Waals surface area (Å²) in [4.78, 5) is 20.9. The third-order valence-corrected chi connectivity index (χ3v) is 6.03. The van der Waals surface area contributed by atoms with Crippen LogP contribution < -0.4 is 10.1 Å². The van der Waals surface area contributed by atoms with Gasteiger partial charge in [0, 0.05) is 29.7 Å². The molecular formula is C21H17N3O2S2. The zero-order valence-corrected chi connectivity index (χ0v) is 16.5. The number of para-hydroxylation sites is 1. The Hall–Kier alpha value is -2.90. The fourth-order valence-corrected chi connectivity index (χ4v) is 4.42. The minimum atomic E-state index is -0.0753. The fraction of sp³-hybridized carbons (Fsp3) is 0.0952. The van der Waals surface area contributed by atoms with Crippen molar-refractivity contribution in [2.24, 2.45) is 0 Å². The van der Waals surface area contributed by atoms with Gasteiger partial charge in [0.05, 0.1) is 16.0 Å². The van der Waals surface area contributed by atoms with Crippen LogP contribution in [0.4, 0.5) is 5.69 Å². The number of pyridine rings is 1. The number of amides is 1. The average molecular weight is 408 g/mol. The first kappa shape index (κ1) is 18.5. The molecule has 0 spiro atoms. The summed E-state index contributed by atoms with van der Waals surface area (Å²) in [7, 11) is 0. The third kappa shape index (κ3) is 4.88. The monoisotopic (exact) mass is 407 g/mol. The molecule has 0 unspecified atom stereocenters. The van der Waals surface area contributed by atoms with Gasteiger partial charge in [-0.05, 0) is 30.3 Å². The molecule has 7 heteroatoms. The maximum Gasteiger partial charge on any atom is 0.234 e. The number of anilines is 1. The maximum absolute atomic E-state index is 12.3. The van der Waals surface area contributed by atoms with Gasteiger partial charge in [0.15, 0.2) is 4.34 Å². The number of hydrogen-bond acceptors (Lipinski definition) is 6. The van der Waals surface area contributed by atoms with Gasteiger partial charge in [-0.25, -0.2) is 4.98 Å². The SMILES string of the molecule is O=C(CSc1nc2ccccc2s1)Nc1cccc(OCc2cccnc2)c1. The molecule has 2 aromatic heterocycles. The quantitative estimate of drug-likeness (QED) is 0.437. The van der Waals surface area contributed by atoms with E-state index in [4.69, 9.17) is 4.74 Å². The van der Waals surface area contributed by atoms with Gasteiger partial charge in [-0.2, -0.15) is 0 Å². The highest BCUT2D eigenvalue weighted by atomic mass is 32.2. The molecule has 0 atom stereocenters. The Morgan fingerprint density at radius 3 is 2.89 bits per heavy atom. The van der Waals surface area contributed by atoms with Crippen molar-refractivity contribution in [3.8, 4) is 5.75 Å². The van der Waals surface area contributed by atoms with Gasteiger partial charge < -0.3 is 10.1 Å². The number of ether oxygens (including phenoxy) is 1. The van der Waals surface area contributed by atoms with Crippen LogP contribution in [0.15, 0.2) is 77.4 Å². The fourth-order valence-electron chi connectivity index (χ4n) is 2.55. The zero-order chi connectivity index (χ0) is 19.2. The molecule has 0 saturated heterocycles. The summed E-state index contributed by atoms with van der Waals surface area (Å²) in [6.07, 6.45) is 3.50. The summed E-state index contributed by atoms with van der Waals surface area (Å²) in [5.41, 5.74) is 2.66. The summed E-state index contributed by atoms with van der Waals surface area (Å²) in [6.45, 7) is 0.429. The van der Waals surface area contributed by atoms with Crippen LogP contribution in [0.3, 0.4) is 0 Å². The number of aromatic nitrogens is 2. The minimum absolute atomic E-state index is 0.0753. The highest BCUT2D eigenvalue weighted by Crippen LogP contribution is 2.29. The van der Waals surface area contributed by atoms with Crippen LogP contribution in [0.25, 0.3) is 10.2 Å². The zero-order valence-electron chi connectivity index (χ0n) is 14.9. The van der Waals surface area contributed by atoms with Crippen LogP contribution in [-0.4, -0.2) is 21.6 Å². The van der Waals surface area contributed by atoms with Crippen LogP contribution in [0.1, 0.15) is 5.56 Å². The number of benzene rings is 2. The standard InChI is InChI=1S/C21H17N3O2S2/c25-20(14-27-21-24-18-8-1-2-9-19(18)28-21)23-16-6-3-7-17(11-16)26-13-15-5-4-10-22-12-15/h1-12H,13-14H2,(H,23,25). The second-order valence-electron chi connectivity index (χ2n) is 5.96. The second kappa shape index (κ2) is 8.86. The highest BCUT2D eigenvalue weighted by molar-refractivity contribution is 8.01.